The summed E-state index contributed by atoms with van der Waals surface area (Å²) in [6, 6.07) is 8.71. The topological polar surface area (TPSA) is 60.4 Å². The molecule has 0 radical (unpaired) electrons. The molecule has 1 aromatic carbocycles. The molecule has 0 bridgehead atoms. The van der Waals surface area contributed by atoms with Crippen LogP contribution in [0, 0.1) is 5.41 Å². The van der Waals surface area contributed by atoms with Crippen LogP contribution in [-0.2, 0) is 14.3 Å². The number of carbonyl (C=O) groups excluding carboxylic acids is 3. The fraction of sp³-hybridized carbons (Fsp3) is 0.316. The molecule has 2 aliphatic carbocycles. The Morgan fingerprint density at radius 1 is 1.22 bits per heavy atom. The molecule has 0 fully saturated rings. The van der Waals surface area contributed by atoms with Crippen LogP contribution in [0.4, 0.5) is 0 Å². The summed E-state index contributed by atoms with van der Waals surface area (Å²) < 4.78 is 5.24. The van der Waals surface area contributed by atoms with E-state index in [-0.39, 0.29) is 30.0 Å². The van der Waals surface area contributed by atoms with Gasteiger partial charge in [0, 0.05) is 29.4 Å². The number of esters is 1. The Labute approximate surface area is 134 Å². The van der Waals surface area contributed by atoms with Crippen LogP contribution in [0.25, 0.3) is 0 Å². The molecule has 0 saturated heterocycles. The Hall–Kier alpha value is -2.49. The van der Waals surface area contributed by atoms with Crippen LogP contribution in [0.1, 0.15) is 36.5 Å². The van der Waals surface area contributed by atoms with Crippen LogP contribution in [0.3, 0.4) is 0 Å². The second kappa shape index (κ2) is 5.95. The van der Waals surface area contributed by atoms with E-state index in [4.69, 9.17) is 4.74 Å². The van der Waals surface area contributed by atoms with Gasteiger partial charge in [0.25, 0.3) is 0 Å². The number of ether oxygens (including phenoxy) is 1. The Balaban J connectivity index is 1.71. The first kappa shape index (κ1) is 15.4. The van der Waals surface area contributed by atoms with Crippen molar-refractivity contribution in [1.29, 1.82) is 0 Å². The number of allylic oxidation sites excluding steroid dienone is 3. The van der Waals surface area contributed by atoms with Gasteiger partial charge in [-0.3, -0.25) is 9.59 Å². The Morgan fingerprint density at radius 3 is 2.70 bits per heavy atom. The number of benzene rings is 1. The molecule has 0 N–H and O–H groups in total. The summed E-state index contributed by atoms with van der Waals surface area (Å²) in [5.41, 5.74) is 1.24. The molecular weight excluding hydrogens is 292 g/mol. The quantitative estimate of drug-likeness (QED) is 0.802. The number of hydrogen-bond donors (Lipinski definition) is 0. The van der Waals surface area contributed by atoms with E-state index in [1.807, 2.05) is 19.1 Å². The number of carbonyl (C=O) groups is 3. The van der Waals surface area contributed by atoms with Crippen molar-refractivity contribution in [1.82, 2.24) is 0 Å². The van der Waals surface area contributed by atoms with Crippen molar-refractivity contribution < 1.29 is 19.1 Å². The highest BCUT2D eigenvalue weighted by Crippen LogP contribution is 2.45. The van der Waals surface area contributed by atoms with Gasteiger partial charge in [-0.15, -0.1) is 0 Å². The minimum Gasteiger partial charge on any atom is -0.462 e. The Bertz CT molecular complexity index is 727. The summed E-state index contributed by atoms with van der Waals surface area (Å²) in [6.45, 7) is 2.08. The van der Waals surface area contributed by atoms with Crippen molar-refractivity contribution in [3.05, 3.63) is 59.2 Å². The average Bonchev–Trinajstić information content (AvgIpc) is 2.86. The first-order chi connectivity index (χ1) is 11.0. The molecule has 0 saturated carbocycles. The fourth-order valence-electron chi connectivity index (χ4n) is 3.24. The van der Waals surface area contributed by atoms with Gasteiger partial charge in [0.2, 0.25) is 0 Å². The van der Waals surface area contributed by atoms with E-state index >= 15 is 0 Å². The zero-order valence-corrected chi connectivity index (χ0v) is 13.0. The average molecular weight is 310 g/mol. The third-order valence-corrected chi connectivity index (χ3v) is 4.52. The lowest BCUT2D eigenvalue weighted by molar-refractivity contribution is -0.118. The SMILES string of the molecule is CC12C=CC(=O)C1=C(CCOC(=O)c1ccccc1)C(=O)CC2. The normalized spacial score (nSPS) is 23.2. The highest BCUT2D eigenvalue weighted by Gasteiger charge is 2.41. The molecule has 0 amide bonds. The summed E-state index contributed by atoms with van der Waals surface area (Å²) >= 11 is 0. The number of fused-ring (bicyclic) bond motifs is 1. The van der Waals surface area contributed by atoms with Gasteiger partial charge in [-0.1, -0.05) is 31.2 Å². The van der Waals surface area contributed by atoms with Crippen LogP contribution in [0.5, 0.6) is 0 Å². The molecule has 1 atom stereocenters. The van der Waals surface area contributed by atoms with Crippen molar-refractivity contribution >= 4 is 17.5 Å². The highest BCUT2D eigenvalue weighted by atomic mass is 16.5. The van der Waals surface area contributed by atoms with Crippen molar-refractivity contribution in [3.63, 3.8) is 0 Å². The predicted molar refractivity (Wildman–Crippen MR) is 84.9 cm³/mol. The molecule has 23 heavy (non-hydrogen) atoms. The lowest BCUT2D eigenvalue weighted by atomic mass is 9.72. The van der Waals surface area contributed by atoms with Crippen LogP contribution in [0.2, 0.25) is 0 Å². The van der Waals surface area contributed by atoms with Gasteiger partial charge in [0.05, 0.1) is 12.2 Å². The molecule has 4 heteroatoms. The van der Waals surface area contributed by atoms with E-state index in [0.29, 0.717) is 29.6 Å². The first-order valence-electron chi connectivity index (χ1n) is 7.74. The van der Waals surface area contributed by atoms with Crippen LogP contribution in [-0.4, -0.2) is 24.1 Å². The Morgan fingerprint density at radius 2 is 1.96 bits per heavy atom. The van der Waals surface area contributed by atoms with Gasteiger partial charge in [0.15, 0.2) is 11.6 Å². The maximum atomic E-state index is 12.2. The van der Waals surface area contributed by atoms with Crippen molar-refractivity contribution in [2.75, 3.05) is 6.61 Å². The molecule has 0 spiro atoms. The van der Waals surface area contributed by atoms with E-state index in [9.17, 15) is 14.4 Å². The smallest absolute Gasteiger partial charge is 0.338 e. The van der Waals surface area contributed by atoms with Crippen LogP contribution >= 0.6 is 0 Å². The molecule has 118 valence electrons. The van der Waals surface area contributed by atoms with Gasteiger partial charge in [-0.05, 0) is 24.6 Å². The zero-order valence-electron chi connectivity index (χ0n) is 13.0. The second-order valence-electron chi connectivity index (χ2n) is 6.14. The van der Waals surface area contributed by atoms with Gasteiger partial charge >= 0.3 is 5.97 Å². The van der Waals surface area contributed by atoms with E-state index in [2.05, 4.69) is 0 Å². The zero-order chi connectivity index (χ0) is 16.4. The fourth-order valence-corrected chi connectivity index (χ4v) is 3.24. The lowest BCUT2D eigenvalue weighted by Gasteiger charge is -2.30. The van der Waals surface area contributed by atoms with Crippen LogP contribution in [0.15, 0.2) is 53.6 Å². The van der Waals surface area contributed by atoms with E-state index < -0.39 is 5.97 Å². The predicted octanol–water partition coefficient (Wildman–Crippen LogP) is 3.04. The molecule has 4 nitrogen and oxygen atoms in total. The van der Waals surface area contributed by atoms with Crippen molar-refractivity contribution in [2.45, 2.75) is 26.2 Å². The second-order valence-corrected chi connectivity index (χ2v) is 6.14. The first-order valence-corrected chi connectivity index (χ1v) is 7.74. The molecule has 0 aromatic heterocycles. The minimum absolute atomic E-state index is 0.00900. The number of Topliss-reactive ketones (excluding diaryl/α,β-unsaturated/α-hetero) is 1. The Kier molecular flexibility index (Phi) is 3.99. The largest absolute Gasteiger partial charge is 0.462 e. The number of hydrogen-bond acceptors (Lipinski definition) is 4. The maximum absolute atomic E-state index is 12.2. The lowest BCUT2D eigenvalue weighted by Crippen LogP contribution is -2.28. The summed E-state index contributed by atoms with van der Waals surface area (Å²) in [6.07, 6.45) is 4.81. The van der Waals surface area contributed by atoms with Gasteiger partial charge < -0.3 is 4.74 Å². The van der Waals surface area contributed by atoms with Gasteiger partial charge in [-0.25, -0.2) is 4.79 Å². The number of ketones is 2. The standard InChI is InChI=1S/C19H18O4/c1-19-10-7-15(20)14(17(19)16(21)8-11-19)9-12-23-18(22)13-5-3-2-4-6-13/h2-6,8,11H,7,9-10,12H2,1H3. The molecule has 2 aliphatic rings. The van der Waals surface area contributed by atoms with E-state index in [1.54, 1.807) is 30.3 Å². The van der Waals surface area contributed by atoms with Gasteiger partial charge in [-0.2, -0.15) is 0 Å². The maximum Gasteiger partial charge on any atom is 0.338 e. The van der Waals surface area contributed by atoms with Crippen molar-refractivity contribution in [3.8, 4) is 0 Å². The van der Waals surface area contributed by atoms with E-state index in [0.717, 1.165) is 0 Å². The van der Waals surface area contributed by atoms with E-state index in [1.165, 1.54) is 0 Å². The molecule has 3 rings (SSSR count). The monoisotopic (exact) mass is 310 g/mol. The summed E-state index contributed by atoms with van der Waals surface area (Å²) in [5, 5.41) is 0. The minimum atomic E-state index is -0.418. The molecular formula is C19H18O4. The number of rotatable bonds is 4. The third-order valence-electron chi connectivity index (χ3n) is 4.52. The molecule has 0 aliphatic heterocycles. The summed E-state index contributed by atoms with van der Waals surface area (Å²) in [4.78, 5) is 36.2. The van der Waals surface area contributed by atoms with Crippen LogP contribution < -0.4 is 0 Å². The highest BCUT2D eigenvalue weighted by molar-refractivity contribution is 6.15. The van der Waals surface area contributed by atoms with Gasteiger partial charge in [0.1, 0.15) is 0 Å². The molecule has 0 heterocycles. The molecule has 1 unspecified atom stereocenters. The summed E-state index contributed by atoms with van der Waals surface area (Å²) in [5.74, 6) is -0.520. The summed E-state index contributed by atoms with van der Waals surface area (Å²) in [7, 11) is 0. The van der Waals surface area contributed by atoms with Crippen molar-refractivity contribution in [2.24, 2.45) is 5.41 Å². The third kappa shape index (κ3) is 2.89. The molecule has 1 aromatic rings.